The number of carbonyl (C=O) groups excluding carboxylic acids is 1. The summed E-state index contributed by atoms with van der Waals surface area (Å²) in [5.74, 6) is -0.413. The molecular weight excluding hydrogens is 429 g/mol. The Morgan fingerprint density at radius 3 is 2.38 bits per heavy atom. The van der Waals surface area contributed by atoms with Crippen LogP contribution in [0.1, 0.15) is 22.7 Å². The molecule has 0 aromatic heterocycles. The van der Waals surface area contributed by atoms with Crippen molar-refractivity contribution in [2.45, 2.75) is 17.4 Å². The van der Waals surface area contributed by atoms with Crippen LogP contribution in [0, 0.1) is 5.82 Å². The Hall–Kier alpha value is -3.07. The van der Waals surface area contributed by atoms with Gasteiger partial charge in [-0.1, -0.05) is 42.5 Å². The molecule has 166 valence electrons. The number of primary sulfonamides is 1. The average Bonchev–Trinajstić information content (AvgIpc) is 3.19. The van der Waals surface area contributed by atoms with Crippen LogP contribution in [0.4, 0.5) is 10.1 Å². The summed E-state index contributed by atoms with van der Waals surface area (Å²) in [6.45, 7) is 0.607. The fraction of sp³-hybridized carbons (Fsp3) is 0.208. The fourth-order valence-electron chi connectivity index (χ4n) is 4.19. The Labute approximate surface area is 187 Å². The Morgan fingerprint density at radius 2 is 1.72 bits per heavy atom. The summed E-state index contributed by atoms with van der Waals surface area (Å²) in [5.41, 5.74) is 3.36. The molecule has 0 radical (unpaired) electrons. The summed E-state index contributed by atoms with van der Waals surface area (Å²) >= 11 is 0. The molecule has 6 nitrogen and oxygen atoms in total. The topological polar surface area (TPSA) is 83.7 Å². The zero-order chi connectivity index (χ0) is 22.9. The number of anilines is 1. The van der Waals surface area contributed by atoms with E-state index < -0.39 is 10.0 Å². The first kappa shape index (κ1) is 22.1. The highest BCUT2D eigenvalue weighted by molar-refractivity contribution is 7.89. The van der Waals surface area contributed by atoms with Gasteiger partial charge in [0, 0.05) is 12.2 Å². The summed E-state index contributed by atoms with van der Waals surface area (Å²) < 4.78 is 36.7. The van der Waals surface area contributed by atoms with Crippen LogP contribution in [0.15, 0.2) is 77.7 Å². The van der Waals surface area contributed by atoms with Crippen molar-refractivity contribution in [1.82, 2.24) is 4.90 Å². The van der Waals surface area contributed by atoms with Gasteiger partial charge in [-0.2, -0.15) is 0 Å². The molecule has 8 heteroatoms. The number of rotatable bonds is 6. The molecule has 3 aromatic rings. The van der Waals surface area contributed by atoms with Gasteiger partial charge in [-0.25, -0.2) is 17.9 Å². The second kappa shape index (κ2) is 8.82. The minimum absolute atomic E-state index is 0.0446. The van der Waals surface area contributed by atoms with Gasteiger partial charge in [-0.05, 0) is 60.5 Å². The number of nitrogens with two attached hydrogens (primary N) is 1. The van der Waals surface area contributed by atoms with Crippen molar-refractivity contribution in [2.24, 2.45) is 5.14 Å². The maximum atomic E-state index is 13.5. The molecular formula is C24H24FN3O3S. The molecule has 1 aliphatic rings. The van der Waals surface area contributed by atoms with E-state index in [4.69, 9.17) is 5.14 Å². The highest BCUT2D eigenvalue weighted by atomic mass is 32.2. The molecule has 1 amide bonds. The molecule has 2 N–H and O–H groups in total. The van der Waals surface area contributed by atoms with Crippen molar-refractivity contribution >= 4 is 21.6 Å². The summed E-state index contributed by atoms with van der Waals surface area (Å²) in [5, 5.41) is 5.23. The minimum atomic E-state index is -3.80. The number of likely N-dealkylation sites (N-methyl/N-ethyl adjacent to an activating group) is 1. The molecule has 0 spiro atoms. The first-order chi connectivity index (χ1) is 15.2. The van der Waals surface area contributed by atoms with Gasteiger partial charge < -0.3 is 4.90 Å². The largest absolute Gasteiger partial charge is 0.311 e. The molecule has 1 unspecified atom stereocenters. The number of amides is 1. The Morgan fingerprint density at radius 1 is 1.06 bits per heavy atom. The zero-order valence-corrected chi connectivity index (χ0v) is 18.4. The van der Waals surface area contributed by atoms with E-state index in [9.17, 15) is 17.6 Å². The highest BCUT2D eigenvalue weighted by Gasteiger charge is 2.29. The van der Waals surface area contributed by atoms with Gasteiger partial charge >= 0.3 is 0 Å². The van der Waals surface area contributed by atoms with Crippen molar-refractivity contribution in [3.63, 3.8) is 0 Å². The molecule has 4 rings (SSSR count). The number of nitrogens with zero attached hydrogens (tertiary/aromatic N) is 2. The second-order valence-electron chi connectivity index (χ2n) is 7.91. The Kier molecular flexibility index (Phi) is 6.10. The summed E-state index contributed by atoms with van der Waals surface area (Å²) in [4.78, 5) is 16.9. The number of hydrogen-bond acceptors (Lipinski definition) is 4. The van der Waals surface area contributed by atoms with Gasteiger partial charge in [-0.3, -0.25) is 9.69 Å². The number of fused-ring (bicyclic) bond motifs is 1. The van der Waals surface area contributed by atoms with E-state index in [1.54, 1.807) is 23.1 Å². The van der Waals surface area contributed by atoms with Crippen LogP contribution in [0.25, 0.3) is 0 Å². The number of benzene rings is 3. The summed E-state index contributed by atoms with van der Waals surface area (Å²) in [6.07, 6.45) is 0.564. The zero-order valence-electron chi connectivity index (χ0n) is 17.6. The number of sulfonamides is 1. The predicted octanol–water partition coefficient (Wildman–Crippen LogP) is 3.08. The molecule has 32 heavy (non-hydrogen) atoms. The molecule has 1 aliphatic heterocycles. The number of halogens is 1. The first-order valence-corrected chi connectivity index (χ1v) is 11.8. The van der Waals surface area contributed by atoms with Crippen LogP contribution in [-0.4, -0.2) is 39.4 Å². The lowest BCUT2D eigenvalue weighted by molar-refractivity contribution is -0.119. The van der Waals surface area contributed by atoms with Gasteiger partial charge in [0.25, 0.3) is 0 Å². The SMILES string of the molecule is CN(CC(=O)N1CCc2cc(S(N)(=O)=O)ccc21)C(c1ccccc1)c1ccc(F)cc1. The van der Waals surface area contributed by atoms with Crippen molar-refractivity contribution in [2.75, 3.05) is 25.0 Å². The normalized spacial score (nSPS) is 14.4. The first-order valence-electron chi connectivity index (χ1n) is 10.2. The standard InChI is InChI=1S/C24H24FN3O3S/c1-27(24(17-5-3-2-4-6-17)18-7-9-20(25)10-8-18)16-23(29)28-14-13-19-15-21(32(26,30)31)11-12-22(19)28/h2-12,15,24H,13-14,16H2,1H3,(H2,26,30,31). The number of carbonyl (C=O) groups is 1. The van der Waals surface area contributed by atoms with Gasteiger partial charge in [0.15, 0.2) is 0 Å². The monoisotopic (exact) mass is 453 g/mol. The lowest BCUT2D eigenvalue weighted by Crippen LogP contribution is -2.39. The molecule has 1 heterocycles. The van der Waals surface area contributed by atoms with E-state index in [2.05, 4.69) is 0 Å². The lowest BCUT2D eigenvalue weighted by Gasteiger charge is -2.30. The summed E-state index contributed by atoms with van der Waals surface area (Å²) in [7, 11) is -1.93. The average molecular weight is 454 g/mol. The predicted molar refractivity (Wildman–Crippen MR) is 121 cm³/mol. The molecule has 3 aromatic carbocycles. The van der Waals surface area contributed by atoms with Gasteiger partial charge in [0.1, 0.15) is 5.82 Å². The fourth-order valence-corrected chi connectivity index (χ4v) is 4.75. The highest BCUT2D eigenvalue weighted by Crippen LogP contribution is 2.32. The quantitative estimate of drug-likeness (QED) is 0.622. The van der Waals surface area contributed by atoms with Crippen LogP contribution in [0.3, 0.4) is 0 Å². The molecule has 1 atom stereocenters. The lowest BCUT2D eigenvalue weighted by atomic mass is 9.97. The van der Waals surface area contributed by atoms with Crippen molar-refractivity contribution in [3.8, 4) is 0 Å². The van der Waals surface area contributed by atoms with Crippen LogP contribution in [0.2, 0.25) is 0 Å². The summed E-state index contributed by atoms with van der Waals surface area (Å²) in [6, 6.07) is 20.4. The van der Waals surface area contributed by atoms with Crippen molar-refractivity contribution < 1.29 is 17.6 Å². The third-order valence-electron chi connectivity index (χ3n) is 5.70. The van der Waals surface area contributed by atoms with E-state index in [0.717, 1.165) is 16.7 Å². The van der Waals surface area contributed by atoms with Crippen molar-refractivity contribution in [1.29, 1.82) is 0 Å². The minimum Gasteiger partial charge on any atom is -0.311 e. The van der Waals surface area contributed by atoms with E-state index in [1.165, 1.54) is 24.3 Å². The molecule has 0 aliphatic carbocycles. The maximum Gasteiger partial charge on any atom is 0.241 e. The van der Waals surface area contributed by atoms with Crippen molar-refractivity contribution in [3.05, 3.63) is 95.3 Å². The molecule has 0 bridgehead atoms. The Balaban J connectivity index is 1.58. The van der Waals surface area contributed by atoms with Crippen LogP contribution >= 0.6 is 0 Å². The van der Waals surface area contributed by atoms with E-state index in [0.29, 0.717) is 18.7 Å². The molecule has 0 saturated heterocycles. The van der Waals surface area contributed by atoms with Crippen LogP contribution in [0.5, 0.6) is 0 Å². The van der Waals surface area contributed by atoms with Crippen LogP contribution in [-0.2, 0) is 21.2 Å². The Bertz CT molecular complexity index is 1230. The third-order valence-corrected chi connectivity index (χ3v) is 6.61. The van der Waals surface area contributed by atoms with Crippen LogP contribution < -0.4 is 10.0 Å². The van der Waals surface area contributed by atoms with Gasteiger partial charge in [-0.15, -0.1) is 0 Å². The van der Waals surface area contributed by atoms with Gasteiger partial charge in [0.05, 0.1) is 17.5 Å². The smallest absolute Gasteiger partial charge is 0.241 e. The van der Waals surface area contributed by atoms with Gasteiger partial charge in [0.2, 0.25) is 15.9 Å². The van der Waals surface area contributed by atoms with E-state index in [-0.39, 0.29) is 29.2 Å². The molecule has 0 fully saturated rings. The van der Waals surface area contributed by atoms with E-state index >= 15 is 0 Å². The second-order valence-corrected chi connectivity index (χ2v) is 9.47. The third kappa shape index (κ3) is 4.57. The maximum absolute atomic E-state index is 13.5. The van der Waals surface area contributed by atoms with E-state index in [1.807, 2.05) is 42.3 Å². The number of hydrogen-bond donors (Lipinski definition) is 1. The molecule has 0 saturated carbocycles.